The van der Waals surface area contributed by atoms with Gasteiger partial charge in [-0.15, -0.1) is 0 Å². The van der Waals surface area contributed by atoms with Gasteiger partial charge in [0.2, 0.25) is 5.95 Å². The molecule has 5 nitrogen and oxygen atoms in total. The predicted octanol–water partition coefficient (Wildman–Crippen LogP) is 3.15. The minimum absolute atomic E-state index is 0.0298. The van der Waals surface area contributed by atoms with Crippen molar-refractivity contribution < 1.29 is 17.9 Å². The average Bonchev–Trinajstić information content (AvgIpc) is 2.41. The van der Waals surface area contributed by atoms with Gasteiger partial charge in [-0.3, -0.25) is 0 Å². The minimum Gasteiger partial charge on any atom is -0.380 e. The number of hydrogen-bond donors (Lipinski definition) is 2. The van der Waals surface area contributed by atoms with Gasteiger partial charge in [-0.1, -0.05) is 6.92 Å². The Balaban J connectivity index is 2.90. The van der Waals surface area contributed by atoms with Crippen LogP contribution in [0.3, 0.4) is 0 Å². The molecule has 0 bridgehead atoms. The molecule has 1 unspecified atom stereocenters. The van der Waals surface area contributed by atoms with Crippen molar-refractivity contribution in [1.82, 2.24) is 9.97 Å². The summed E-state index contributed by atoms with van der Waals surface area (Å²) in [5, 5.41) is 5.66. The number of rotatable bonds is 8. The van der Waals surface area contributed by atoms with Gasteiger partial charge in [0.15, 0.2) is 5.69 Å². The molecule has 0 aliphatic rings. The third kappa shape index (κ3) is 6.16. The molecule has 0 aliphatic carbocycles. The molecular formula is C13H21F3N4O. The summed E-state index contributed by atoms with van der Waals surface area (Å²) in [6, 6.07) is 0.750. The maximum atomic E-state index is 12.8. The lowest BCUT2D eigenvalue weighted by molar-refractivity contribution is -0.141. The van der Waals surface area contributed by atoms with E-state index in [0.717, 1.165) is 12.5 Å². The number of ether oxygens (including phenoxy) is 1. The zero-order chi connectivity index (χ0) is 15.9. The van der Waals surface area contributed by atoms with Gasteiger partial charge in [0.05, 0.1) is 6.61 Å². The van der Waals surface area contributed by atoms with Crippen molar-refractivity contribution in [1.29, 1.82) is 0 Å². The third-order valence-electron chi connectivity index (χ3n) is 2.52. The van der Waals surface area contributed by atoms with Gasteiger partial charge in [0.25, 0.3) is 0 Å². The van der Waals surface area contributed by atoms with E-state index in [2.05, 4.69) is 20.6 Å². The van der Waals surface area contributed by atoms with Crippen LogP contribution in [0.5, 0.6) is 0 Å². The van der Waals surface area contributed by atoms with E-state index in [1.54, 1.807) is 0 Å². The lowest BCUT2D eigenvalue weighted by Gasteiger charge is -2.16. The molecule has 1 atom stereocenters. The van der Waals surface area contributed by atoms with Crippen molar-refractivity contribution in [2.45, 2.75) is 39.4 Å². The Hall–Kier alpha value is -1.57. The Bertz CT molecular complexity index is 440. The highest BCUT2D eigenvalue weighted by Gasteiger charge is 2.33. The van der Waals surface area contributed by atoms with Crippen LogP contribution in [0.2, 0.25) is 0 Å². The normalized spacial score (nSPS) is 13.0. The Morgan fingerprint density at radius 1 is 1.29 bits per heavy atom. The highest BCUT2D eigenvalue weighted by atomic mass is 19.4. The summed E-state index contributed by atoms with van der Waals surface area (Å²) in [7, 11) is 0. The van der Waals surface area contributed by atoms with Crippen molar-refractivity contribution in [2.24, 2.45) is 0 Å². The van der Waals surface area contributed by atoms with Crippen molar-refractivity contribution in [3.63, 3.8) is 0 Å². The molecule has 0 aliphatic heterocycles. The Kier molecular flexibility index (Phi) is 6.67. The standard InChI is InChI=1S/C13H21F3N4O/c1-4-6-17-12-19-10(13(14,15)16)7-11(20-12)18-9(3)8-21-5-2/h7,9H,4-6,8H2,1-3H3,(H2,17,18,19,20). The van der Waals surface area contributed by atoms with Crippen LogP contribution >= 0.6 is 0 Å². The van der Waals surface area contributed by atoms with Crippen LogP contribution in [0.15, 0.2) is 6.07 Å². The molecule has 0 spiro atoms. The molecule has 0 aromatic carbocycles. The van der Waals surface area contributed by atoms with E-state index in [9.17, 15) is 13.2 Å². The largest absolute Gasteiger partial charge is 0.433 e. The van der Waals surface area contributed by atoms with Crippen molar-refractivity contribution in [3.05, 3.63) is 11.8 Å². The third-order valence-corrected chi connectivity index (χ3v) is 2.52. The van der Waals surface area contributed by atoms with Gasteiger partial charge in [-0.05, 0) is 20.3 Å². The Labute approximate surface area is 122 Å². The summed E-state index contributed by atoms with van der Waals surface area (Å²) in [6.45, 7) is 7.02. The SMILES string of the molecule is CCCNc1nc(NC(C)COCC)cc(C(F)(F)F)n1. The second kappa shape index (κ2) is 8.02. The summed E-state index contributed by atoms with van der Waals surface area (Å²) < 4.78 is 43.7. The number of aromatic nitrogens is 2. The van der Waals surface area contributed by atoms with Crippen LogP contribution in [0.1, 0.15) is 32.9 Å². The molecule has 8 heteroatoms. The first-order valence-corrected chi connectivity index (χ1v) is 6.91. The maximum absolute atomic E-state index is 12.8. The number of halogens is 3. The van der Waals surface area contributed by atoms with Crippen LogP contribution in [-0.2, 0) is 10.9 Å². The van der Waals surface area contributed by atoms with E-state index in [1.165, 1.54) is 0 Å². The molecule has 1 rings (SSSR count). The molecule has 0 fully saturated rings. The molecule has 0 radical (unpaired) electrons. The van der Waals surface area contributed by atoms with E-state index < -0.39 is 11.9 Å². The summed E-state index contributed by atoms with van der Waals surface area (Å²) in [5.41, 5.74) is -0.970. The highest BCUT2D eigenvalue weighted by Crippen LogP contribution is 2.29. The van der Waals surface area contributed by atoms with Crippen LogP contribution in [0.4, 0.5) is 24.9 Å². The number of hydrogen-bond acceptors (Lipinski definition) is 5. The minimum atomic E-state index is -4.51. The summed E-state index contributed by atoms with van der Waals surface area (Å²) in [4.78, 5) is 7.54. The van der Waals surface area contributed by atoms with E-state index >= 15 is 0 Å². The van der Waals surface area contributed by atoms with E-state index in [-0.39, 0.29) is 17.8 Å². The number of anilines is 2. The van der Waals surface area contributed by atoms with Gasteiger partial charge < -0.3 is 15.4 Å². The number of nitrogens with zero attached hydrogens (tertiary/aromatic N) is 2. The first-order valence-electron chi connectivity index (χ1n) is 6.91. The van der Waals surface area contributed by atoms with Gasteiger partial charge in [-0.2, -0.15) is 18.2 Å². The first-order chi connectivity index (χ1) is 9.86. The van der Waals surface area contributed by atoms with E-state index in [1.807, 2.05) is 20.8 Å². The Morgan fingerprint density at radius 3 is 2.57 bits per heavy atom. The second-order valence-corrected chi connectivity index (χ2v) is 4.59. The van der Waals surface area contributed by atoms with Crippen molar-refractivity contribution in [3.8, 4) is 0 Å². The topological polar surface area (TPSA) is 59.1 Å². The zero-order valence-electron chi connectivity index (χ0n) is 12.4. The molecule has 0 saturated carbocycles. The van der Waals surface area contributed by atoms with Gasteiger partial charge in [0.1, 0.15) is 5.82 Å². The summed E-state index contributed by atoms with van der Waals surface area (Å²) in [5.74, 6) is 0.0981. The molecule has 0 amide bonds. The van der Waals surface area contributed by atoms with Gasteiger partial charge in [-0.25, -0.2) is 4.98 Å². The molecule has 120 valence electrons. The van der Waals surface area contributed by atoms with Gasteiger partial charge in [0, 0.05) is 25.3 Å². The fraction of sp³-hybridized carbons (Fsp3) is 0.692. The van der Waals surface area contributed by atoms with Crippen molar-refractivity contribution in [2.75, 3.05) is 30.4 Å². The molecular weight excluding hydrogens is 285 g/mol. The maximum Gasteiger partial charge on any atom is 0.433 e. The fourth-order valence-electron chi connectivity index (χ4n) is 1.57. The number of nitrogens with one attached hydrogen (secondary N) is 2. The predicted molar refractivity (Wildman–Crippen MR) is 75.4 cm³/mol. The van der Waals surface area contributed by atoms with Crippen LogP contribution in [-0.4, -0.2) is 35.8 Å². The molecule has 2 N–H and O–H groups in total. The summed E-state index contributed by atoms with van der Waals surface area (Å²) >= 11 is 0. The second-order valence-electron chi connectivity index (χ2n) is 4.59. The van der Waals surface area contributed by atoms with Crippen LogP contribution in [0.25, 0.3) is 0 Å². The van der Waals surface area contributed by atoms with Gasteiger partial charge >= 0.3 is 6.18 Å². The van der Waals surface area contributed by atoms with Crippen molar-refractivity contribution >= 4 is 11.8 Å². The highest BCUT2D eigenvalue weighted by molar-refractivity contribution is 5.43. The molecule has 0 saturated heterocycles. The first kappa shape index (κ1) is 17.5. The number of alkyl halides is 3. The lowest BCUT2D eigenvalue weighted by Crippen LogP contribution is -2.23. The molecule has 1 heterocycles. The van der Waals surface area contributed by atoms with Crippen LogP contribution < -0.4 is 10.6 Å². The Morgan fingerprint density at radius 2 is 2.00 bits per heavy atom. The molecule has 1 aromatic rings. The lowest BCUT2D eigenvalue weighted by atomic mass is 10.3. The monoisotopic (exact) mass is 306 g/mol. The molecule has 21 heavy (non-hydrogen) atoms. The zero-order valence-corrected chi connectivity index (χ0v) is 12.4. The molecule has 1 aromatic heterocycles. The van der Waals surface area contributed by atoms with Crippen LogP contribution in [0, 0.1) is 0 Å². The van der Waals surface area contributed by atoms with E-state index in [0.29, 0.717) is 19.8 Å². The smallest absolute Gasteiger partial charge is 0.380 e. The fourth-order valence-corrected chi connectivity index (χ4v) is 1.57. The quantitative estimate of drug-likeness (QED) is 0.772. The van der Waals surface area contributed by atoms with E-state index in [4.69, 9.17) is 4.74 Å². The summed E-state index contributed by atoms with van der Waals surface area (Å²) in [6.07, 6.45) is -3.74. The average molecular weight is 306 g/mol.